The number of carbonyl (C=O) groups is 1. The first-order valence-corrected chi connectivity index (χ1v) is 7.25. The molecule has 0 radical (unpaired) electrons. The molecule has 0 aliphatic rings. The lowest BCUT2D eigenvalue weighted by molar-refractivity contribution is 0.212. The van der Waals surface area contributed by atoms with Gasteiger partial charge in [0.25, 0.3) is 0 Å². The van der Waals surface area contributed by atoms with Crippen molar-refractivity contribution in [3.8, 4) is 6.07 Å². The van der Waals surface area contributed by atoms with E-state index in [0.29, 0.717) is 24.3 Å². The summed E-state index contributed by atoms with van der Waals surface area (Å²) in [5.74, 6) is 0. The van der Waals surface area contributed by atoms with E-state index in [1.807, 2.05) is 38.1 Å². The molecule has 0 saturated heterocycles. The summed E-state index contributed by atoms with van der Waals surface area (Å²) in [5, 5.41) is 11.9. The predicted molar refractivity (Wildman–Crippen MR) is 87.4 cm³/mol. The highest BCUT2D eigenvalue weighted by Gasteiger charge is 2.14. The van der Waals surface area contributed by atoms with Gasteiger partial charge in [0.15, 0.2) is 0 Å². The number of hydrogen-bond acceptors (Lipinski definition) is 2. The van der Waals surface area contributed by atoms with E-state index < -0.39 is 0 Å². The number of para-hydroxylation sites is 1. The van der Waals surface area contributed by atoms with Crippen molar-refractivity contribution in [2.45, 2.75) is 20.4 Å². The van der Waals surface area contributed by atoms with Gasteiger partial charge in [-0.3, -0.25) is 0 Å². The van der Waals surface area contributed by atoms with Crippen LogP contribution in [0, 0.1) is 18.3 Å². The van der Waals surface area contributed by atoms with Crippen LogP contribution in [-0.2, 0) is 6.54 Å². The average Bonchev–Trinajstić information content (AvgIpc) is 2.54. The summed E-state index contributed by atoms with van der Waals surface area (Å²) in [5.41, 5.74) is 3.28. The Balaban J connectivity index is 2.13. The fourth-order valence-electron chi connectivity index (χ4n) is 2.20. The van der Waals surface area contributed by atoms with Crippen LogP contribution in [-0.4, -0.2) is 17.5 Å². The number of nitrogens with zero attached hydrogens (tertiary/aromatic N) is 2. The molecule has 0 spiro atoms. The van der Waals surface area contributed by atoms with Crippen LogP contribution < -0.4 is 5.32 Å². The van der Waals surface area contributed by atoms with E-state index in [1.165, 1.54) is 0 Å². The number of aryl methyl sites for hydroxylation is 1. The number of nitriles is 1. The van der Waals surface area contributed by atoms with Gasteiger partial charge in [-0.1, -0.05) is 36.4 Å². The van der Waals surface area contributed by atoms with E-state index in [1.54, 1.807) is 29.2 Å². The lowest BCUT2D eigenvalue weighted by Crippen LogP contribution is -2.34. The van der Waals surface area contributed by atoms with Crippen molar-refractivity contribution >= 4 is 11.7 Å². The second kappa shape index (κ2) is 7.28. The summed E-state index contributed by atoms with van der Waals surface area (Å²) >= 11 is 0. The van der Waals surface area contributed by atoms with Crippen LogP contribution in [0.25, 0.3) is 0 Å². The third-order valence-electron chi connectivity index (χ3n) is 3.58. The molecule has 2 amide bonds. The lowest BCUT2D eigenvalue weighted by Gasteiger charge is -2.22. The number of urea groups is 1. The minimum Gasteiger partial charge on any atom is -0.320 e. The van der Waals surface area contributed by atoms with E-state index in [4.69, 9.17) is 5.26 Å². The Morgan fingerprint density at radius 3 is 2.55 bits per heavy atom. The van der Waals surface area contributed by atoms with Crippen LogP contribution in [0.5, 0.6) is 0 Å². The third-order valence-corrected chi connectivity index (χ3v) is 3.58. The molecule has 22 heavy (non-hydrogen) atoms. The molecular weight excluding hydrogens is 274 g/mol. The molecule has 0 unspecified atom stereocenters. The Bertz CT molecular complexity index is 703. The first-order valence-electron chi connectivity index (χ1n) is 7.25. The number of amides is 2. The van der Waals surface area contributed by atoms with Gasteiger partial charge in [-0.25, -0.2) is 4.79 Å². The highest BCUT2D eigenvalue weighted by atomic mass is 16.2. The van der Waals surface area contributed by atoms with Gasteiger partial charge in [0, 0.05) is 13.1 Å². The summed E-state index contributed by atoms with van der Waals surface area (Å²) in [6.45, 7) is 5.11. The predicted octanol–water partition coefficient (Wildman–Crippen LogP) is 3.92. The van der Waals surface area contributed by atoms with E-state index >= 15 is 0 Å². The normalized spacial score (nSPS) is 9.86. The second-order valence-electron chi connectivity index (χ2n) is 5.03. The maximum atomic E-state index is 12.4. The zero-order valence-corrected chi connectivity index (χ0v) is 12.8. The Kier molecular flexibility index (Phi) is 5.16. The van der Waals surface area contributed by atoms with Crippen molar-refractivity contribution in [1.29, 1.82) is 5.26 Å². The Hall–Kier alpha value is -2.80. The van der Waals surface area contributed by atoms with Crippen LogP contribution in [0.15, 0.2) is 48.5 Å². The summed E-state index contributed by atoms with van der Waals surface area (Å²) in [6.07, 6.45) is 0. The fourth-order valence-corrected chi connectivity index (χ4v) is 2.20. The van der Waals surface area contributed by atoms with Gasteiger partial charge in [0.05, 0.1) is 11.3 Å². The molecule has 4 nitrogen and oxygen atoms in total. The average molecular weight is 293 g/mol. The number of anilines is 1. The van der Waals surface area contributed by atoms with Crippen LogP contribution in [0.2, 0.25) is 0 Å². The zero-order chi connectivity index (χ0) is 15.9. The van der Waals surface area contributed by atoms with Crippen molar-refractivity contribution < 1.29 is 4.79 Å². The second-order valence-corrected chi connectivity index (χ2v) is 5.03. The van der Waals surface area contributed by atoms with Crippen LogP contribution >= 0.6 is 0 Å². The van der Waals surface area contributed by atoms with Gasteiger partial charge in [-0.15, -0.1) is 0 Å². The quantitative estimate of drug-likeness (QED) is 0.928. The van der Waals surface area contributed by atoms with E-state index in [9.17, 15) is 4.79 Å². The summed E-state index contributed by atoms with van der Waals surface area (Å²) in [6, 6.07) is 16.9. The molecule has 0 atom stereocenters. The number of hydrogen-bond donors (Lipinski definition) is 1. The largest absolute Gasteiger partial charge is 0.322 e. The standard InChI is InChI=1S/C18H19N3O/c1-3-21(13-16-10-5-4-8-14(16)2)18(22)20-17-11-7-6-9-15(17)12-19/h4-11H,3,13H2,1-2H3,(H,20,22). The summed E-state index contributed by atoms with van der Waals surface area (Å²) < 4.78 is 0. The maximum Gasteiger partial charge on any atom is 0.322 e. The monoisotopic (exact) mass is 293 g/mol. The molecule has 0 aromatic heterocycles. The SMILES string of the molecule is CCN(Cc1ccccc1C)C(=O)Nc1ccccc1C#N. The Morgan fingerprint density at radius 2 is 1.86 bits per heavy atom. The van der Waals surface area contributed by atoms with Crippen molar-refractivity contribution in [2.24, 2.45) is 0 Å². The number of rotatable bonds is 4. The van der Waals surface area contributed by atoms with Gasteiger partial charge < -0.3 is 10.2 Å². The highest BCUT2D eigenvalue weighted by molar-refractivity contribution is 5.90. The molecule has 2 aromatic carbocycles. The van der Waals surface area contributed by atoms with E-state index in [-0.39, 0.29) is 6.03 Å². The molecule has 2 rings (SSSR count). The molecule has 4 heteroatoms. The molecule has 0 fully saturated rings. The van der Waals surface area contributed by atoms with Gasteiger partial charge in [0.1, 0.15) is 6.07 Å². The number of carbonyl (C=O) groups excluding carboxylic acids is 1. The molecule has 2 aromatic rings. The third kappa shape index (κ3) is 3.64. The topological polar surface area (TPSA) is 56.1 Å². The first-order chi connectivity index (χ1) is 10.7. The van der Waals surface area contributed by atoms with Gasteiger partial charge >= 0.3 is 6.03 Å². The van der Waals surface area contributed by atoms with Crippen LogP contribution in [0.4, 0.5) is 10.5 Å². The van der Waals surface area contributed by atoms with Crippen molar-refractivity contribution in [3.05, 3.63) is 65.2 Å². The van der Waals surface area contributed by atoms with Crippen molar-refractivity contribution in [1.82, 2.24) is 4.90 Å². The van der Waals surface area contributed by atoms with Crippen LogP contribution in [0.3, 0.4) is 0 Å². The molecular formula is C18H19N3O. The molecule has 112 valence electrons. The lowest BCUT2D eigenvalue weighted by atomic mass is 10.1. The van der Waals surface area contributed by atoms with Crippen molar-refractivity contribution in [3.63, 3.8) is 0 Å². The molecule has 0 heterocycles. The van der Waals surface area contributed by atoms with Crippen LogP contribution in [0.1, 0.15) is 23.6 Å². The maximum absolute atomic E-state index is 12.4. The number of benzene rings is 2. The summed E-state index contributed by atoms with van der Waals surface area (Å²) in [4.78, 5) is 14.2. The summed E-state index contributed by atoms with van der Waals surface area (Å²) in [7, 11) is 0. The van der Waals surface area contributed by atoms with Crippen molar-refractivity contribution in [2.75, 3.05) is 11.9 Å². The van der Waals surface area contributed by atoms with Gasteiger partial charge in [0.2, 0.25) is 0 Å². The van der Waals surface area contributed by atoms with E-state index in [0.717, 1.165) is 11.1 Å². The molecule has 0 bridgehead atoms. The van der Waals surface area contributed by atoms with Gasteiger partial charge in [-0.05, 0) is 37.1 Å². The molecule has 1 N–H and O–H groups in total. The van der Waals surface area contributed by atoms with E-state index in [2.05, 4.69) is 11.4 Å². The first kappa shape index (κ1) is 15.6. The number of nitrogens with one attached hydrogen (secondary N) is 1. The molecule has 0 aliphatic carbocycles. The molecule has 0 aliphatic heterocycles. The Morgan fingerprint density at radius 1 is 1.18 bits per heavy atom. The van der Waals surface area contributed by atoms with Gasteiger partial charge in [-0.2, -0.15) is 5.26 Å². The highest BCUT2D eigenvalue weighted by Crippen LogP contribution is 2.16. The Labute approximate surface area is 131 Å². The minimum absolute atomic E-state index is 0.201. The zero-order valence-electron chi connectivity index (χ0n) is 12.8. The minimum atomic E-state index is -0.201. The molecule has 0 saturated carbocycles. The fraction of sp³-hybridized carbons (Fsp3) is 0.222. The smallest absolute Gasteiger partial charge is 0.320 e.